The molecule has 1 aromatic rings. The van der Waals surface area contributed by atoms with Crippen LogP contribution in [0.4, 0.5) is 4.79 Å². The maximum Gasteiger partial charge on any atom is 0.407 e. The van der Waals surface area contributed by atoms with Gasteiger partial charge in [0.15, 0.2) is 0 Å². The van der Waals surface area contributed by atoms with Gasteiger partial charge in [0.2, 0.25) is 9.05 Å². The number of ether oxygens (including phenoxy) is 1. The normalized spacial score (nSPS) is 17.4. The Hall–Kier alpha value is -1.27. The van der Waals surface area contributed by atoms with Crippen LogP contribution >= 0.6 is 10.7 Å². The van der Waals surface area contributed by atoms with E-state index in [2.05, 4.69) is 5.32 Å². The molecular formula is C16H22ClNO4S. The molecule has 0 bridgehead atoms. The molecule has 1 aromatic carbocycles. The van der Waals surface area contributed by atoms with Crippen LogP contribution in [0.25, 0.3) is 0 Å². The Balaban J connectivity index is 1.86. The molecule has 128 valence electrons. The summed E-state index contributed by atoms with van der Waals surface area (Å²) in [4.78, 5) is 11.9. The summed E-state index contributed by atoms with van der Waals surface area (Å²) in [6.45, 7) is 0.458. The van der Waals surface area contributed by atoms with Gasteiger partial charge in [-0.05, 0) is 18.4 Å². The standard InChI is InChI=1S/C16H22ClNO4S/c17-23(20,21)13-16(9-5-2-6-10-16)12-18-15(19)22-11-14-7-3-1-4-8-14/h1,3-4,7-8H,2,5-6,9-13H2,(H,18,19). The molecule has 0 saturated heterocycles. The highest BCUT2D eigenvalue weighted by molar-refractivity contribution is 8.13. The lowest BCUT2D eigenvalue weighted by Crippen LogP contribution is -2.42. The van der Waals surface area contributed by atoms with E-state index < -0.39 is 20.6 Å². The molecule has 23 heavy (non-hydrogen) atoms. The lowest BCUT2D eigenvalue weighted by molar-refractivity contribution is 0.129. The van der Waals surface area contributed by atoms with Crippen LogP contribution in [0.5, 0.6) is 0 Å². The van der Waals surface area contributed by atoms with Gasteiger partial charge in [-0.3, -0.25) is 0 Å². The average molecular weight is 360 g/mol. The zero-order chi connectivity index (χ0) is 16.8. The van der Waals surface area contributed by atoms with E-state index >= 15 is 0 Å². The molecule has 1 N–H and O–H groups in total. The summed E-state index contributed by atoms with van der Waals surface area (Å²) in [5.74, 6) is -0.111. The van der Waals surface area contributed by atoms with Gasteiger partial charge >= 0.3 is 6.09 Å². The third-order valence-electron chi connectivity index (χ3n) is 4.21. The molecule has 5 nitrogen and oxygen atoms in total. The third kappa shape index (κ3) is 6.39. The maximum atomic E-state index is 11.9. The van der Waals surface area contributed by atoms with E-state index in [4.69, 9.17) is 15.4 Å². The molecule has 0 heterocycles. The van der Waals surface area contributed by atoms with Gasteiger partial charge in [-0.15, -0.1) is 0 Å². The minimum Gasteiger partial charge on any atom is -0.445 e. The molecule has 0 unspecified atom stereocenters. The first kappa shape index (κ1) is 18.1. The van der Waals surface area contributed by atoms with Gasteiger partial charge in [0.05, 0.1) is 5.75 Å². The molecule has 0 spiro atoms. The van der Waals surface area contributed by atoms with Crippen molar-refractivity contribution in [2.24, 2.45) is 5.41 Å². The Morgan fingerprint density at radius 3 is 2.43 bits per heavy atom. The molecule has 1 fully saturated rings. The third-order valence-corrected chi connectivity index (χ3v) is 5.50. The van der Waals surface area contributed by atoms with Crippen LogP contribution in [0.15, 0.2) is 30.3 Å². The van der Waals surface area contributed by atoms with Crippen LogP contribution in [0.2, 0.25) is 0 Å². The average Bonchev–Trinajstić information content (AvgIpc) is 2.51. The molecule has 1 amide bonds. The first-order chi connectivity index (χ1) is 10.9. The minimum absolute atomic E-state index is 0.111. The van der Waals surface area contributed by atoms with Crippen LogP contribution in [0.1, 0.15) is 37.7 Å². The topological polar surface area (TPSA) is 72.5 Å². The van der Waals surface area contributed by atoms with E-state index in [1.54, 1.807) is 0 Å². The Morgan fingerprint density at radius 1 is 1.17 bits per heavy atom. The van der Waals surface area contributed by atoms with Crippen LogP contribution < -0.4 is 5.32 Å². The second kappa shape index (κ2) is 8.02. The van der Waals surface area contributed by atoms with Crippen molar-refractivity contribution in [2.75, 3.05) is 12.3 Å². The summed E-state index contributed by atoms with van der Waals surface area (Å²) >= 11 is 0. The van der Waals surface area contributed by atoms with E-state index in [1.807, 2.05) is 30.3 Å². The van der Waals surface area contributed by atoms with Crippen LogP contribution in [0.3, 0.4) is 0 Å². The number of benzene rings is 1. The van der Waals surface area contributed by atoms with Crippen molar-refractivity contribution in [3.05, 3.63) is 35.9 Å². The van der Waals surface area contributed by atoms with Crippen molar-refractivity contribution in [3.8, 4) is 0 Å². The molecule has 0 atom stereocenters. The highest BCUT2D eigenvalue weighted by Gasteiger charge is 2.36. The number of alkyl carbamates (subject to hydrolysis) is 1. The SMILES string of the molecule is O=C(NCC1(CS(=O)(=O)Cl)CCCCC1)OCc1ccccc1. The predicted molar refractivity (Wildman–Crippen MR) is 89.8 cm³/mol. The van der Waals surface area contributed by atoms with Crippen molar-refractivity contribution >= 4 is 25.8 Å². The minimum atomic E-state index is -3.61. The number of nitrogens with one attached hydrogen (secondary N) is 1. The Kier molecular flexibility index (Phi) is 6.30. The van der Waals surface area contributed by atoms with Gasteiger partial charge in [0.25, 0.3) is 0 Å². The Bertz CT molecular complexity index is 612. The predicted octanol–water partition coefficient (Wildman–Crippen LogP) is 3.43. The summed E-state index contributed by atoms with van der Waals surface area (Å²) in [6.07, 6.45) is 3.95. The van der Waals surface area contributed by atoms with E-state index in [-0.39, 0.29) is 18.9 Å². The molecule has 7 heteroatoms. The van der Waals surface area contributed by atoms with Crippen molar-refractivity contribution in [1.29, 1.82) is 0 Å². The number of rotatable bonds is 6. The second-order valence-corrected chi connectivity index (χ2v) is 8.94. The fourth-order valence-corrected chi connectivity index (χ4v) is 4.89. The molecule has 0 aromatic heterocycles. The number of carbonyl (C=O) groups excluding carboxylic acids is 1. The second-order valence-electron chi connectivity index (χ2n) is 6.16. The van der Waals surface area contributed by atoms with Gasteiger partial charge in [-0.25, -0.2) is 13.2 Å². The number of carbonyl (C=O) groups is 1. The highest BCUT2D eigenvalue weighted by Crippen LogP contribution is 2.37. The lowest BCUT2D eigenvalue weighted by atomic mass is 9.75. The van der Waals surface area contributed by atoms with Crippen molar-refractivity contribution in [1.82, 2.24) is 5.32 Å². The van der Waals surface area contributed by atoms with Crippen molar-refractivity contribution in [3.63, 3.8) is 0 Å². The highest BCUT2D eigenvalue weighted by atomic mass is 35.7. The zero-order valence-electron chi connectivity index (χ0n) is 13.0. The summed E-state index contributed by atoms with van der Waals surface area (Å²) in [5, 5.41) is 2.70. The fourth-order valence-electron chi connectivity index (χ4n) is 3.07. The smallest absolute Gasteiger partial charge is 0.407 e. The van der Waals surface area contributed by atoms with Crippen LogP contribution in [-0.4, -0.2) is 26.8 Å². The first-order valence-corrected chi connectivity index (χ1v) is 10.2. The van der Waals surface area contributed by atoms with Gasteiger partial charge in [-0.2, -0.15) is 0 Å². The lowest BCUT2D eigenvalue weighted by Gasteiger charge is -2.36. The van der Waals surface area contributed by atoms with E-state index in [0.29, 0.717) is 0 Å². The first-order valence-electron chi connectivity index (χ1n) is 7.76. The van der Waals surface area contributed by atoms with Gasteiger partial charge in [0.1, 0.15) is 6.61 Å². The fraction of sp³-hybridized carbons (Fsp3) is 0.562. The zero-order valence-corrected chi connectivity index (χ0v) is 14.5. The summed E-state index contributed by atoms with van der Waals surface area (Å²) in [6, 6.07) is 9.38. The number of amides is 1. The maximum absolute atomic E-state index is 11.9. The quantitative estimate of drug-likeness (QED) is 0.790. The van der Waals surface area contributed by atoms with Gasteiger partial charge in [0, 0.05) is 22.6 Å². The monoisotopic (exact) mass is 359 g/mol. The molecule has 0 radical (unpaired) electrons. The van der Waals surface area contributed by atoms with Crippen molar-refractivity contribution < 1.29 is 17.9 Å². The van der Waals surface area contributed by atoms with Crippen molar-refractivity contribution in [2.45, 2.75) is 38.7 Å². The number of hydrogen-bond acceptors (Lipinski definition) is 4. The van der Waals surface area contributed by atoms with Gasteiger partial charge in [-0.1, -0.05) is 49.6 Å². The van der Waals surface area contributed by atoms with E-state index in [9.17, 15) is 13.2 Å². The summed E-state index contributed by atoms with van der Waals surface area (Å²) in [7, 11) is 1.84. The molecule has 1 aliphatic rings. The molecule has 1 saturated carbocycles. The Morgan fingerprint density at radius 2 is 1.83 bits per heavy atom. The Labute approximate surface area is 141 Å². The molecular weight excluding hydrogens is 338 g/mol. The van der Waals surface area contributed by atoms with Crippen LogP contribution in [-0.2, 0) is 20.4 Å². The van der Waals surface area contributed by atoms with E-state index in [1.165, 1.54) is 0 Å². The number of halogens is 1. The summed E-state index contributed by atoms with van der Waals surface area (Å²) < 4.78 is 28.1. The largest absolute Gasteiger partial charge is 0.445 e. The molecule has 0 aliphatic heterocycles. The van der Waals surface area contributed by atoms with E-state index in [0.717, 1.165) is 37.7 Å². The molecule has 1 aliphatic carbocycles. The van der Waals surface area contributed by atoms with Gasteiger partial charge < -0.3 is 10.1 Å². The summed E-state index contributed by atoms with van der Waals surface area (Å²) in [5.41, 5.74) is 0.420. The molecule has 2 rings (SSSR count). The number of hydrogen-bond donors (Lipinski definition) is 1. The van der Waals surface area contributed by atoms with Crippen LogP contribution in [0, 0.1) is 5.41 Å².